The number of nitrogens with two attached hydrogens (primary N) is 1. The third kappa shape index (κ3) is 2.66. The number of hydrogen-bond donors (Lipinski definition) is 1. The van der Waals surface area contributed by atoms with E-state index in [1.807, 2.05) is 37.5 Å². The van der Waals surface area contributed by atoms with E-state index in [1.54, 1.807) is 18.0 Å². The lowest BCUT2D eigenvalue weighted by molar-refractivity contribution is 0.310. The highest BCUT2D eigenvalue weighted by Gasteiger charge is 2.19. The van der Waals surface area contributed by atoms with Crippen molar-refractivity contribution in [3.8, 4) is 11.5 Å². The van der Waals surface area contributed by atoms with E-state index in [2.05, 4.69) is 20.3 Å². The number of pyridine rings is 1. The summed E-state index contributed by atoms with van der Waals surface area (Å²) in [5, 5.41) is 8.36. The molecule has 0 radical (unpaired) electrons. The molecule has 0 unspecified atom stereocenters. The molecule has 2 N–H and O–H groups in total. The van der Waals surface area contributed by atoms with Crippen LogP contribution in [0.4, 0.5) is 5.82 Å². The average Bonchev–Trinajstić information content (AvgIpc) is 3.24. The molecule has 0 aliphatic rings. The van der Waals surface area contributed by atoms with Crippen LogP contribution in [0.1, 0.15) is 18.4 Å². The lowest BCUT2D eigenvalue weighted by atomic mass is 10.4. The highest BCUT2D eigenvalue weighted by atomic mass is 32.2. The Morgan fingerprint density at radius 3 is 2.72 bits per heavy atom. The van der Waals surface area contributed by atoms with Crippen molar-refractivity contribution >= 4 is 28.6 Å². The first-order valence-corrected chi connectivity index (χ1v) is 8.58. The smallest absolute Gasteiger partial charge is 0.199 e. The maximum absolute atomic E-state index is 5.82. The summed E-state index contributed by atoms with van der Waals surface area (Å²) in [5.41, 5.74) is 7.98. The van der Waals surface area contributed by atoms with Gasteiger partial charge in [-0.25, -0.2) is 14.6 Å². The van der Waals surface area contributed by atoms with Crippen molar-refractivity contribution in [2.24, 2.45) is 0 Å². The first kappa shape index (κ1) is 15.7. The van der Waals surface area contributed by atoms with Crippen LogP contribution in [-0.2, 0) is 6.54 Å². The fourth-order valence-electron chi connectivity index (χ4n) is 2.74. The molecule has 4 heterocycles. The predicted octanol–water partition coefficient (Wildman–Crippen LogP) is 3.44. The Kier molecular flexibility index (Phi) is 3.72. The van der Waals surface area contributed by atoms with Gasteiger partial charge in [0.2, 0.25) is 0 Å². The van der Waals surface area contributed by atoms with Crippen molar-refractivity contribution < 1.29 is 9.05 Å². The second-order valence-electron chi connectivity index (χ2n) is 5.57. The van der Waals surface area contributed by atoms with Crippen LogP contribution in [-0.4, -0.2) is 24.8 Å². The summed E-state index contributed by atoms with van der Waals surface area (Å²) in [5.74, 6) is 2.61. The highest BCUT2D eigenvalue weighted by Crippen LogP contribution is 2.33. The predicted molar refractivity (Wildman–Crippen MR) is 93.2 cm³/mol. The van der Waals surface area contributed by atoms with Crippen LogP contribution < -0.4 is 5.73 Å². The zero-order chi connectivity index (χ0) is 17.6. The van der Waals surface area contributed by atoms with Crippen molar-refractivity contribution in [2.75, 3.05) is 5.73 Å². The van der Waals surface area contributed by atoms with Gasteiger partial charge in [-0.05, 0) is 43.2 Å². The van der Waals surface area contributed by atoms with Gasteiger partial charge in [0.1, 0.15) is 22.1 Å². The summed E-state index contributed by atoms with van der Waals surface area (Å²) in [7, 11) is 0. The van der Waals surface area contributed by atoms with Gasteiger partial charge in [0.25, 0.3) is 0 Å². The first-order chi connectivity index (χ1) is 12.1. The van der Waals surface area contributed by atoms with E-state index < -0.39 is 0 Å². The van der Waals surface area contributed by atoms with E-state index in [4.69, 9.17) is 14.8 Å². The van der Waals surface area contributed by atoms with Gasteiger partial charge in [-0.15, -0.1) is 0 Å². The van der Waals surface area contributed by atoms with Crippen LogP contribution in [0.25, 0.3) is 22.6 Å². The van der Waals surface area contributed by atoms with Crippen LogP contribution in [0, 0.1) is 13.8 Å². The number of aromatic nitrogens is 5. The quantitative estimate of drug-likeness (QED) is 0.592. The molecule has 0 saturated carbocycles. The molecule has 0 aliphatic carbocycles. The maximum atomic E-state index is 5.82. The van der Waals surface area contributed by atoms with Crippen molar-refractivity contribution in [3.63, 3.8) is 0 Å². The molecule has 0 amide bonds. The SMILES string of the molecule is CCn1c(-c2nonc2N)nc2cnc(Sc3cc(C)oc3C)cc21. The molecule has 0 aliphatic heterocycles. The van der Waals surface area contributed by atoms with Crippen molar-refractivity contribution in [2.45, 2.75) is 37.2 Å². The number of imidazole rings is 1. The van der Waals surface area contributed by atoms with Gasteiger partial charge in [-0.2, -0.15) is 0 Å². The monoisotopic (exact) mass is 356 g/mol. The summed E-state index contributed by atoms with van der Waals surface area (Å²) in [6, 6.07) is 4.02. The summed E-state index contributed by atoms with van der Waals surface area (Å²) >= 11 is 1.56. The molecule has 25 heavy (non-hydrogen) atoms. The maximum Gasteiger partial charge on any atom is 0.199 e. The van der Waals surface area contributed by atoms with E-state index in [1.165, 1.54) is 0 Å². The van der Waals surface area contributed by atoms with Gasteiger partial charge < -0.3 is 14.7 Å². The zero-order valence-electron chi connectivity index (χ0n) is 14.0. The van der Waals surface area contributed by atoms with Crippen LogP contribution in [0.15, 0.2) is 37.3 Å². The van der Waals surface area contributed by atoms with E-state index in [0.717, 1.165) is 32.5 Å². The number of nitrogen functional groups attached to an aromatic ring is 1. The number of nitrogens with zero attached hydrogens (tertiary/aromatic N) is 5. The van der Waals surface area contributed by atoms with E-state index in [-0.39, 0.29) is 5.82 Å². The number of furan rings is 1. The molecule has 0 saturated heterocycles. The second-order valence-corrected chi connectivity index (χ2v) is 6.63. The number of anilines is 1. The minimum absolute atomic E-state index is 0.220. The molecule has 4 rings (SSSR count). The molecule has 4 aromatic rings. The molecule has 128 valence electrons. The Balaban J connectivity index is 1.80. The lowest BCUT2D eigenvalue weighted by Crippen LogP contribution is -2.00. The average molecular weight is 356 g/mol. The fourth-order valence-corrected chi connectivity index (χ4v) is 3.65. The van der Waals surface area contributed by atoms with Crippen LogP contribution in [0.3, 0.4) is 0 Å². The van der Waals surface area contributed by atoms with Crippen molar-refractivity contribution in [1.29, 1.82) is 0 Å². The standard InChI is InChI=1S/C16H16N6O2S/c1-4-22-11-6-13(25-12-5-8(2)23-9(12)3)18-7-10(11)19-16(22)14-15(17)21-24-20-14/h5-7H,4H2,1-3H3,(H2,17,21). The van der Waals surface area contributed by atoms with Crippen LogP contribution >= 0.6 is 11.8 Å². The van der Waals surface area contributed by atoms with Gasteiger partial charge in [-0.3, -0.25) is 0 Å². The van der Waals surface area contributed by atoms with Gasteiger partial charge in [0.15, 0.2) is 17.3 Å². The minimum atomic E-state index is 0.220. The topological polar surface area (TPSA) is 109 Å². The third-order valence-corrected chi connectivity index (χ3v) is 4.92. The van der Waals surface area contributed by atoms with E-state index >= 15 is 0 Å². The van der Waals surface area contributed by atoms with Crippen LogP contribution in [0.2, 0.25) is 0 Å². The highest BCUT2D eigenvalue weighted by molar-refractivity contribution is 7.99. The van der Waals surface area contributed by atoms with Crippen molar-refractivity contribution in [1.82, 2.24) is 24.8 Å². The number of aryl methyl sites for hydroxylation is 3. The van der Waals surface area contributed by atoms with Gasteiger partial charge >= 0.3 is 0 Å². The number of fused-ring (bicyclic) bond motifs is 1. The molecule has 0 bridgehead atoms. The van der Waals surface area contributed by atoms with E-state index in [0.29, 0.717) is 18.1 Å². The second kappa shape index (κ2) is 5.92. The Bertz CT molecular complexity index is 1060. The summed E-state index contributed by atoms with van der Waals surface area (Å²) in [6.45, 7) is 6.62. The molecular weight excluding hydrogens is 340 g/mol. The van der Waals surface area contributed by atoms with Crippen molar-refractivity contribution in [3.05, 3.63) is 29.9 Å². The Hall–Kier alpha value is -2.81. The van der Waals surface area contributed by atoms with E-state index in [9.17, 15) is 0 Å². The molecule has 0 atom stereocenters. The fraction of sp³-hybridized carbons (Fsp3) is 0.250. The lowest BCUT2D eigenvalue weighted by Gasteiger charge is -2.04. The number of rotatable bonds is 4. The molecular formula is C16H16N6O2S. The molecule has 0 spiro atoms. The van der Waals surface area contributed by atoms with Gasteiger partial charge in [0.05, 0.1) is 16.6 Å². The van der Waals surface area contributed by atoms with Crippen LogP contribution in [0.5, 0.6) is 0 Å². The molecule has 0 aromatic carbocycles. The first-order valence-electron chi connectivity index (χ1n) is 7.76. The third-order valence-electron chi connectivity index (χ3n) is 3.86. The Morgan fingerprint density at radius 2 is 2.08 bits per heavy atom. The Labute approximate surface area is 147 Å². The Morgan fingerprint density at radius 1 is 1.24 bits per heavy atom. The van der Waals surface area contributed by atoms with Gasteiger partial charge in [-0.1, -0.05) is 11.8 Å². The largest absolute Gasteiger partial charge is 0.465 e. The molecule has 8 nitrogen and oxygen atoms in total. The normalized spacial score (nSPS) is 11.5. The zero-order valence-corrected chi connectivity index (χ0v) is 14.8. The molecule has 9 heteroatoms. The minimum Gasteiger partial charge on any atom is -0.465 e. The van der Waals surface area contributed by atoms with Gasteiger partial charge in [0, 0.05) is 6.54 Å². The summed E-state index contributed by atoms with van der Waals surface area (Å²) < 4.78 is 12.3. The molecule has 0 fully saturated rings. The summed E-state index contributed by atoms with van der Waals surface area (Å²) in [4.78, 5) is 10.1. The molecule has 4 aromatic heterocycles. The summed E-state index contributed by atoms with van der Waals surface area (Å²) in [6.07, 6.45) is 1.75. The number of hydrogen-bond acceptors (Lipinski definition) is 8.